The smallest absolute Gasteiger partial charge is 0.240 e. The molecule has 0 heterocycles. The molecule has 3 amide bonds. The van der Waals surface area contributed by atoms with Crippen LogP contribution >= 0.6 is 0 Å². The minimum absolute atomic E-state index is 0.284. The normalized spacial score (nSPS) is 11.7. The van der Waals surface area contributed by atoms with Crippen molar-refractivity contribution in [2.75, 3.05) is 0 Å². The number of rotatable bonds is 5. The maximum absolute atomic E-state index is 10.6. The Labute approximate surface area is 64.1 Å². The van der Waals surface area contributed by atoms with Crippen LogP contribution in [0.4, 0.5) is 0 Å². The Morgan fingerprint density at radius 1 is 1.55 bits per heavy atom. The van der Waals surface area contributed by atoms with Crippen molar-refractivity contribution in [3.63, 3.8) is 0 Å². The van der Waals surface area contributed by atoms with E-state index in [2.05, 4.69) is 0 Å². The van der Waals surface area contributed by atoms with E-state index >= 15 is 0 Å². The minimum Gasteiger partial charge on any atom is -0.368 e. The van der Waals surface area contributed by atoms with Crippen molar-refractivity contribution in [3.05, 3.63) is 0 Å². The Morgan fingerprint density at radius 2 is 2.00 bits per heavy atom. The topological polar surface area (TPSA) is 80.5 Å². The van der Waals surface area contributed by atoms with Gasteiger partial charge in [-0.2, -0.15) is 0 Å². The van der Waals surface area contributed by atoms with Crippen LogP contribution in [0.2, 0.25) is 0 Å². The lowest BCUT2D eigenvalue weighted by Crippen LogP contribution is -2.42. The molecule has 0 spiro atoms. The molecule has 0 rings (SSSR count). The molecule has 0 fully saturated rings. The Bertz CT molecular complexity index is 161. The van der Waals surface area contributed by atoms with Crippen LogP contribution in [0, 0.1) is 0 Å². The van der Waals surface area contributed by atoms with E-state index in [1.54, 1.807) is 6.92 Å². The van der Waals surface area contributed by atoms with E-state index < -0.39 is 11.9 Å². The number of nitrogens with zero attached hydrogens (tertiary/aromatic N) is 1. The predicted octanol–water partition coefficient (Wildman–Crippen LogP) is -1.13. The van der Waals surface area contributed by atoms with Crippen LogP contribution in [0.1, 0.15) is 13.3 Å². The molecule has 0 saturated heterocycles. The third kappa shape index (κ3) is 2.37. The van der Waals surface area contributed by atoms with Crippen molar-refractivity contribution < 1.29 is 14.4 Å². The molecule has 0 aromatic heterocycles. The fourth-order valence-corrected chi connectivity index (χ4v) is 0.731. The van der Waals surface area contributed by atoms with E-state index in [-0.39, 0.29) is 12.8 Å². The summed E-state index contributed by atoms with van der Waals surface area (Å²) in [7, 11) is 0. The van der Waals surface area contributed by atoms with Gasteiger partial charge in [-0.15, -0.1) is 0 Å². The van der Waals surface area contributed by atoms with Crippen molar-refractivity contribution >= 4 is 18.7 Å². The average molecular weight is 158 g/mol. The molecule has 11 heavy (non-hydrogen) atoms. The molecule has 1 unspecified atom stereocenters. The first-order valence-electron chi connectivity index (χ1n) is 3.14. The first kappa shape index (κ1) is 9.61. The van der Waals surface area contributed by atoms with Gasteiger partial charge in [0.25, 0.3) is 0 Å². The maximum Gasteiger partial charge on any atom is 0.240 e. The van der Waals surface area contributed by atoms with Gasteiger partial charge >= 0.3 is 0 Å². The molecule has 0 aliphatic carbocycles. The van der Waals surface area contributed by atoms with Crippen molar-refractivity contribution in [1.29, 1.82) is 0 Å². The third-order valence-corrected chi connectivity index (χ3v) is 1.32. The van der Waals surface area contributed by atoms with Gasteiger partial charge in [0.1, 0.15) is 6.04 Å². The number of hydrogen-bond donors (Lipinski definition) is 1. The minimum atomic E-state index is -0.815. The summed E-state index contributed by atoms with van der Waals surface area (Å²) in [6, 6.07) is -0.815. The fraction of sp³-hybridized carbons (Fsp3) is 0.500. The molecule has 5 heteroatoms. The first-order valence-corrected chi connectivity index (χ1v) is 3.14. The predicted molar refractivity (Wildman–Crippen MR) is 37.2 cm³/mol. The van der Waals surface area contributed by atoms with E-state index in [0.717, 1.165) is 0 Å². The molecule has 0 aliphatic rings. The molecule has 0 saturated carbocycles. The van der Waals surface area contributed by atoms with Crippen LogP contribution < -0.4 is 5.73 Å². The lowest BCUT2D eigenvalue weighted by Gasteiger charge is -2.17. The summed E-state index contributed by atoms with van der Waals surface area (Å²) in [4.78, 5) is 31.5. The van der Waals surface area contributed by atoms with E-state index in [9.17, 15) is 14.4 Å². The molecule has 0 radical (unpaired) electrons. The number of carbonyl (C=O) groups excluding carboxylic acids is 3. The molecule has 0 aliphatic heterocycles. The summed E-state index contributed by atoms with van der Waals surface area (Å²) in [5, 5.41) is 0. The zero-order valence-corrected chi connectivity index (χ0v) is 6.19. The summed E-state index contributed by atoms with van der Waals surface area (Å²) in [6.07, 6.45) is 0.907. The lowest BCUT2D eigenvalue weighted by atomic mass is 10.2. The highest BCUT2D eigenvalue weighted by Crippen LogP contribution is 1.97. The van der Waals surface area contributed by atoms with E-state index in [1.807, 2.05) is 0 Å². The number of carbonyl (C=O) groups is 3. The average Bonchev–Trinajstić information content (AvgIpc) is 1.99. The second-order valence-corrected chi connectivity index (χ2v) is 1.98. The Balaban J connectivity index is 4.32. The van der Waals surface area contributed by atoms with Crippen LogP contribution in [0.5, 0.6) is 0 Å². The SMILES string of the molecule is CCC(C(N)=O)N(C=O)C=O. The van der Waals surface area contributed by atoms with Gasteiger partial charge < -0.3 is 5.73 Å². The summed E-state index contributed by atoms with van der Waals surface area (Å²) in [6.45, 7) is 1.66. The Morgan fingerprint density at radius 3 is 2.09 bits per heavy atom. The number of nitrogens with two attached hydrogens (primary N) is 1. The number of amides is 3. The zero-order valence-electron chi connectivity index (χ0n) is 6.19. The first-order chi connectivity index (χ1) is 5.17. The molecule has 5 nitrogen and oxygen atoms in total. The van der Waals surface area contributed by atoms with Crippen LogP contribution in [-0.4, -0.2) is 29.7 Å². The van der Waals surface area contributed by atoms with Gasteiger partial charge in [0.05, 0.1) is 0 Å². The number of hydrogen-bond acceptors (Lipinski definition) is 3. The molecule has 0 aromatic carbocycles. The molecule has 2 N–H and O–H groups in total. The van der Waals surface area contributed by atoms with E-state index in [4.69, 9.17) is 5.73 Å². The molecular weight excluding hydrogens is 148 g/mol. The number of imide groups is 1. The molecule has 0 bridgehead atoms. The summed E-state index contributed by atoms with van der Waals surface area (Å²) >= 11 is 0. The van der Waals surface area contributed by atoms with Crippen molar-refractivity contribution in [2.24, 2.45) is 5.73 Å². The van der Waals surface area contributed by atoms with Crippen LogP contribution in [-0.2, 0) is 14.4 Å². The van der Waals surface area contributed by atoms with Crippen molar-refractivity contribution in [3.8, 4) is 0 Å². The van der Waals surface area contributed by atoms with Gasteiger partial charge in [-0.1, -0.05) is 6.92 Å². The Hall–Kier alpha value is -1.39. The highest BCUT2D eigenvalue weighted by Gasteiger charge is 2.19. The molecule has 0 aromatic rings. The fourth-order valence-electron chi connectivity index (χ4n) is 0.731. The van der Waals surface area contributed by atoms with Gasteiger partial charge in [0, 0.05) is 0 Å². The van der Waals surface area contributed by atoms with Crippen LogP contribution in [0.15, 0.2) is 0 Å². The second-order valence-electron chi connectivity index (χ2n) is 1.98. The lowest BCUT2D eigenvalue weighted by molar-refractivity contribution is -0.138. The van der Waals surface area contributed by atoms with Gasteiger partial charge in [-0.25, -0.2) is 0 Å². The molecule has 1 atom stereocenters. The summed E-state index contributed by atoms with van der Waals surface area (Å²) in [5.41, 5.74) is 4.90. The largest absolute Gasteiger partial charge is 0.368 e. The van der Waals surface area contributed by atoms with E-state index in [0.29, 0.717) is 11.3 Å². The van der Waals surface area contributed by atoms with Gasteiger partial charge in [0.2, 0.25) is 18.7 Å². The van der Waals surface area contributed by atoms with Crippen LogP contribution in [0.3, 0.4) is 0 Å². The summed E-state index contributed by atoms with van der Waals surface area (Å²) in [5.74, 6) is -0.674. The maximum atomic E-state index is 10.6. The standard InChI is InChI=1S/C6H10N2O3/c1-2-5(6(7)11)8(3-9)4-10/h3-5H,2H2,1H3,(H2,7,11). The van der Waals surface area contributed by atoms with Gasteiger partial charge in [0.15, 0.2) is 0 Å². The quantitative estimate of drug-likeness (QED) is 0.514. The Kier molecular flexibility index (Phi) is 3.87. The van der Waals surface area contributed by atoms with Gasteiger partial charge in [-0.3, -0.25) is 19.3 Å². The van der Waals surface area contributed by atoms with Crippen molar-refractivity contribution in [2.45, 2.75) is 19.4 Å². The molecule has 62 valence electrons. The highest BCUT2D eigenvalue weighted by atomic mass is 16.2. The monoisotopic (exact) mass is 158 g/mol. The third-order valence-electron chi connectivity index (χ3n) is 1.32. The van der Waals surface area contributed by atoms with Gasteiger partial charge in [-0.05, 0) is 6.42 Å². The molecular formula is C6H10N2O3. The second kappa shape index (κ2) is 4.43. The summed E-state index contributed by atoms with van der Waals surface area (Å²) < 4.78 is 0. The zero-order chi connectivity index (χ0) is 8.85. The number of primary amides is 1. The van der Waals surface area contributed by atoms with Crippen molar-refractivity contribution in [1.82, 2.24) is 4.90 Å². The van der Waals surface area contributed by atoms with E-state index in [1.165, 1.54) is 0 Å². The highest BCUT2D eigenvalue weighted by molar-refractivity contribution is 5.86. The van der Waals surface area contributed by atoms with Crippen LogP contribution in [0.25, 0.3) is 0 Å².